The molecule has 5 aromatic rings. The van der Waals surface area contributed by atoms with Crippen LogP contribution in [-0.4, -0.2) is 55.5 Å². The Balaban J connectivity index is 0.00000401. The van der Waals surface area contributed by atoms with Gasteiger partial charge in [-0.1, -0.05) is 80.2 Å². The fourth-order valence-corrected chi connectivity index (χ4v) is 8.21. The van der Waals surface area contributed by atoms with E-state index in [1.807, 2.05) is 42.5 Å². The molecular formula is C39H48N6O2S. The van der Waals surface area contributed by atoms with E-state index in [0.29, 0.717) is 35.3 Å². The van der Waals surface area contributed by atoms with Gasteiger partial charge in [0.15, 0.2) is 0 Å². The standard InChI is InChI=1S/C38H44N6O2S.CH4/c45-47(46,34-19-18-31-10-4-5-11-32(31)24-34)40-26-29-16-14-28(15-17-29)25-39-38-42-36-13-7-6-12-35(36)37(43-38)41-33-20-22-44(23-21-33)27-30-8-2-1-3-9-30;/h1-13,18-19,24,28-29,33,40H,14-17,20-23,25-27H2,(H2,39,41,42,43);1H4. The molecule has 3 N–H and O–H groups in total. The van der Waals surface area contributed by atoms with E-state index in [4.69, 9.17) is 9.97 Å². The highest BCUT2D eigenvalue weighted by Gasteiger charge is 2.25. The summed E-state index contributed by atoms with van der Waals surface area (Å²) < 4.78 is 28.9. The zero-order valence-corrected chi connectivity index (χ0v) is 27.6. The van der Waals surface area contributed by atoms with E-state index >= 15 is 0 Å². The van der Waals surface area contributed by atoms with Crippen LogP contribution in [0, 0.1) is 11.8 Å². The van der Waals surface area contributed by atoms with Crippen LogP contribution >= 0.6 is 0 Å². The van der Waals surface area contributed by atoms with Crippen LogP contribution in [0.5, 0.6) is 0 Å². The molecule has 2 fully saturated rings. The van der Waals surface area contributed by atoms with E-state index < -0.39 is 10.0 Å². The Labute approximate surface area is 285 Å². The van der Waals surface area contributed by atoms with Gasteiger partial charge in [0.2, 0.25) is 16.0 Å². The second-order valence-corrected chi connectivity index (χ2v) is 15.0. The molecule has 0 bridgehead atoms. The summed E-state index contributed by atoms with van der Waals surface area (Å²) in [6.07, 6.45) is 6.26. The van der Waals surface area contributed by atoms with Crippen LogP contribution in [0.15, 0.2) is 102 Å². The lowest BCUT2D eigenvalue weighted by atomic mass is 9.82. The van der Waals surface area contributed by atoms with Gasteiger partial charge in [0.25, 0.3) is 0 Å². The Bertz CT molecular complexity index is 1900. The first-order valence-electron chi connectivity index (χ1n) is 17.0. The fraction of sp³-hybridized carbons (Fsp3) is 0.385. The number of hydrogen-bond donors (Lipinski definition) is 3. The molecule has 9 heteroatoms. The van der Waals surface area contributed by atoms with Crippen molar-refractivity contribution >= 4 is 43.5 Å². The van der Waals surface area contributed by atoms with Gasteiger partial charge < -0.3 is 10.6 Å². The number of nitrogens with one attached hydrogen (secondary N) is 3. The van der Waals surface area contributed by atoms with Crippen molar-refractivity contribution in [3.8, 4) is 0 Å². The molecule has 1 aliphatic heterocycles. The Morgan fingerprint density at radius 3 is 2.15 bits per heavy atom. The molecule has 1 saturated heterocycles. The first kappa shape index (κ1) is 33.8. The van der Waals surface area contributed by atoms with Gasteiger partial charge in [0.05, 0.1) is 10.4 Å². The number of fused-ring (bicyclic) bond motifs is 2. The minimum atomic E-state index is -3.55. The number of benzene rings is 4. The summed E-state index contributed by atoms with van der Waals surface area (Å²) in [4.78, 5) is 12.7. The lowest BCUT2D eigenvalue weighted by Crippen LogP contribution is -2.38. The summed E-state index contributed by atoms with van der Waals surface area (Å²) in [7, 11) is -3.55. The van der Waals surface area contributed by atoms with Crippen molar-refractivity contribution in [2.75, 3.05) is 36.8 Å². The molecule has 4 aromatic carbocycles. The third-order valence-electron chi connectivity index (χ3n) is 9.89. The van der Waals surface area contributed by atoms with Crippen LogP contribution < -0.4 is 15.4 Å². The van der Waals surface area contributed by atoms with Gasteiger partial charge in [-0.25, -0.2) is 18.1 Å². The normalized spacial score (nSPS) is 19.2. The SMILES string of the molecule is C.O=S(=O)(NCC1CCC(CNc2nc(NC3CCN(Cc4ccccc4)CC3)c3ccccc3n2)CC1)c1ccc2ccccc2c1. The quantitative estimate of drug-likeness (QED) is 0.133. The number of para-hydroxylation sites is 1. The molecule has 48 heavy (non-hydrogen) atoms. The van der Waals surface area contributed by atoms with Crippen LogP contribution in [0.1, 0.15) is 51.5 Å². The summed E-state index contributed by atoms with van der Waals surface area (Å²) >= 11 is 0. The molecular weight excluding hydrogens is 617 g/mol. The smallest absolute Gasteiger partial charge is 0.240 e. The first-order valence-corrected chi connectivity index (χ1v) is 18.5. The monoisotopic (exact) mass is 664 g/mol. The largest absolute Gasteiger partial charge is 0.367 e. The number of aromatic nitrogens is 2. The summed E-state index contributed by atoms with van der Waals surface area (Å²) in [6.45, 7) is 4.41. The van der Waals surface area contributed by atoms with E-state index in [9.17, 15) is 8.42 Å². The molecule has 0 atom stereocenters. The van der Waals surface area contributed by atoms with Gasteiger partial charge in [-0.2, -0.15) is 4.98 Å². The van der Waals surface area contributed by atoms with Gasteiger partial charge >= 0.3 is 0 Å². The Hall–Kier alpha value is -4.05. The Morgan fingerprint density at radius 1 is 0.708 bits per heavy atom. The maximum atomic E-state index is 13.0. The molecule has 2 heterocycles. The van der Waals surface area contributed by atoms with E-state index in [2.05, 4.69) is 62.7 Å². The molecule has 1 aromatic heterocycles. The first-order chi connectivity index (χ1) is 23.0. The van der Waals surface area contributed by atoms with Gasteiger partial charge in [-0.3, -0.25) is 4.90 Å². The van der Waals surface area contributed by atoms with Crippen molar-refractivity contribution < 1.29 is 8.42 Å². The maximum absolute atomic E-state index is 13.0. The van der Waals surface area contributed by atoms with Crippen LogP contribution in [0.4, 0.5) is 11.8 Å². The molecule has 1 aliphatic carbocycles. The minimum Gasteiger partial charge on any atom is -0.367 e. The van der Waals surface area contributed by atoms with Crippen LogP contribution in [0.3, 0.4) is 0 Å². The zero-order chi connectivity index (χ0) is 32.1. The van der Waals surface area contributed by atoms with Crippen LogP contribution in [0.25, 0.3) is 21.7 Å². The van der Waals surface area contributed by atoms with Crippen molar-refractivity contribution in [2.24, 2.45) is 11.8 Å². The van der Waals surface area contributed by atoms with E-state index in [1.54, 1.807) is 12.1 Å². The summed E-state index contributed by atoms with van der Waals surface area (Å²) in [5.74, 6) is 2.41. The Kier molecular flexibility index (Phi) is 10.9. The van der Waals surface area contributed by atoms with Crippen molar-refractivity contribution in [2.45, 2.75) is 63.4 Å². The number of nitrogens with zero attached hydrogens (tertiary/aromatic N) is 3. The summed E-state index contributed by atoms with van der Waals surface area (Å²) in [5, 5.41) is 10.3. The number of sulfonamides is 1. The molecule has 1 saturated carbocycles. The van der Waals surface area contributed by atoms with Crippen molar-refractivity contribution in [3.63, 3.8) is 0 Å². The van der Waals surface area contributed by atoms with E-state index in [1.165, 1.54) is 5.56 Å². The predicted molar refractivity (Wildman–Crippen MR) is 198 cm³/mol. The zero-order valence-electron chi connectivity index (χ0n) is 26.8. The fourth-order valence-electron chi connectivity index (χ4n) is 7.06. The van der Waals surface area contributed by atoms with Crippen molar-refractivity contribution in [1.82, 2.24) is 19.6 Å². The van der Waals surface area contributed by atoms with E-state index in [0.717, 1.165) is 92.2 Å². The second-order valence-electron chi connectivity index (χ2n) is 13.2. The molecule has 252 valence electrons. The highest BCUT2D eigenvalue weighted by molar-refractivity contribution is 7.89. The molecule has 0 radical (unpaired) electrons. The summed E-state index contributed by atoms with van der Waals surface area (Å²) in [6, 6.07) is 32.5. The average Bonchev–Trinajstić information content (AvgIpc) is 3.11. The van der Waals surface area contributed by atoms with Gasteiger partial charge in [0, 0.05) is 44.2 Å². The lowest BCUT2D eigenvalue weighted by Gasteiger charge is -2.33. The number of anilines is 2. The molecule has 2 aliphatic rings. The lowest BCUT2D eigenvalue weighted by molar-refractivity contribution is 0.211. The average molecular weight is 665 g/mol. The highest BCUT2D eigenvalue weighted by Crippen LogP contribution is 2.30. The third-order valence-corrected chi connectivity index (χ3v) is 11.3. The number of likely N-dealkylation sites (tertiary alicyclic amines) is 1. The molecule has 0 unspecified atom stereocenters. The number of hydrogen-bond acceptors (Lipinski definition) is 7. The van der Waals surface area contributed by atoms with E-state index in [-0.39, 0.29) is 7.43 Å². The molecule has 7 rings (SSSR count). The van der Waals surface area contributed by atoms with Gasteiger partial charge in [-0.15, -0.1) is 0 Å². The predicted octanol–water partition coefficient (Wildman–Crippen LogP) is 7.69. The van der Waals surface area contributed by atoms with Crippen LogP contribution in [-0.2, 0) is 16.6 Å². The van der Waals surface area contributed by atoms with Crippen molar-refractivity contribution in [1.29, 1.82) is 0 Å². The minimum absolute atomic E-state index is 0. The second kappa shape index (κ2) is 15.4. The number of rotatable bonds is 11. The molecule has 0 spiro atoms. The van der Waals surface area contributed by atoms with Crippen LogP contribution in [0.2, 0.25) is 0 Å². The van der Waals surface area contributed by atoms with Gasteiger partial charge in [0.1, 0.15) is 5.82 Å². The maximum Gasteiger partial charge on any atom is 0.240 e. The molecule has 8 nitrogen and oxygen atoms in total. The highest BCUT2D eigenvalue weighted by atomic mass is 32.2. The summed E-state index contributed by atoms with van der Waals surface area (Å²) in [5.41, 5.74) is 2.31. The molecule has 0 amide bonds. The number of piperidine rings is 1. The Morgan fingerprint density at radius 2 is 1.38 bits per heavy atom. The topological polar surface area (TPSA) is 99.2 Å². The van der Waals surface area contributed by atoms with Crippen molar-refractivity contribution in [3.05, 3.63) is 103 Å². The van der Waals surface area contributed by atoms with Gasteiger partial charge in [-0.05, 0) is 91.0 Å². The third kappa shape index (κ3) is 8.32.